The van der Waals surface area contributed by atoms with Crippen LogP contribution in [0.2, 0.25) is 0 Å². The third-order valence-corrected chi connectivity index (χ3v) is 3.71. The van der Waals surface area contributed by atoms with Gasteiger partial charge < -0.3 is 9.84 Å². The van der Waals surface area contributed by atoms with Gasteiger partial charge in [-0.2, -0.15) is 0 Å². The SMILES string of the molecule is CO[C@@H](CO)CN1CCN(Cc2ccccc2)CC1. The van der Waals surface area contributed by atoms with Crippen LogP contribution in [0.1, 0.15) is 5.56 Å². The Labute approximate surface area is 115 Å². The third-order valence-electron chi connectivity index (χ3n) is 3.71. The zero-order valence-electron chi connectivity index (χ0n) is 11.7. The van der Waals surface area contributed by atoms with Gasteiger partial charge in [0.05, 0.1) is 12.7 Å². The second-order valence-corrected chi connectivity index (χ2v) is 5.10. The van der Waals surface area contributed by atoms with E-state index in [1.807, 2.05) is 0 Å². The molecule has 0 aromatic heterocycles. The van der Waals surface area contributed by atoms with Gasteiger partial charge in [-0.25, -0.2) is 0 Å². The fourth-order valence-corrected chi connectivity index (χ4v) is 2.47. The van der Waals surface area contributed by atoms with Crippen LogP contribution in [0.25, 0.3) is 0 Å². The van der Waals surface area contributed by atoms with E-state index in [4.69, 9.17) is 9.84 Å². The van der Waals surface area contributed by atoms with Crippen LogP contribution >= 0.6 is 0 Å². The molecule has 0 aliphatic carbocycles. The summed E-state index contributed by atoms with van der Waals surface area (Å²) in [5.41, 5.74) is 1.38. The molecular weight excluding hydrogens is 240 g/mol. The Morgan fingerprint density at radius 3 is 2.32 bits per heavy atom. The number of aliphatic hydroxyl groups excluding tert-OH is 1. The fraction of sp³-hybridized carbons (Fsp3) is 0.600. The Morgan fingerprint density at radius 2 is 1.74 bits per heavy atom. The summed E-state index contributed by atoms with van der Waals surface area (Å²) in [5, 5.41) is 9.14. The van der Waals surface area contributed by atoms with E-state index < -0.39 is 0 Å². The molecule has 0 bridgehead atoms. The minimum Gasteiger partial charge on any atom is -0.394 e. The van der Waals surface area contributed by atoms with Gasteiger partial charge in [0.25, 0.3) is 0 Å². The van der Waals surface area contributed by atoms with Gasteiger partial charge in [-0.15, -0.1) is 0 Å². The molecule has 1 aromatic rings. The monoisotopic (exact) mass is 264 g/mol. The minimum atomic E-state index is -0.0549. The molecule has 106 valence electrons. The van der Waals surface area contributed by atoms with Crippen LogP contribution in [0.4, 0.5) is 0 Å². The summed E-state index contributed by atoms with van der Waals surface area (Å²) >= 11 is 0. The smallest absolute Gasteiger partial charge is 0.0928 e. The highest BCUT2D eigenvalue weighted by atomic mass is 16.5. The van der Waals surface area contributed by atoms with E-state index in [1.54, 1.807) is 7.11 Å². The summed E-state index contributed by atoms with van der Waals surface area (Å²) in [5.74, 6) is 0. The Balaban J connectivity index is 1.73. The first-order valence-electron chi connectivity index (χ1n) is 6.94. The second-order valence-electron chi connectivity index (χ2n) is 5.10. The molecular formula is C15H24N2O2. The first kappa shape index (κ1) is 14.5. The van der Waals surface area contributed by atoms with Crippen molar-refractivity contribution in [3.8, 4) is 0 Å². The van der Waals surface area contributed by atoms with Crippen LogP contribution in [0.15, 0.2) is 30.3 Å². The van der Waals surface area contributed by atoms with Crippen LogP contribution in [-0.2, 0) is 11.3 Å². The number of aliphatic hydroxyl groups is 1. The molecule has 0 amide bonds. The molecule has 0 saturated carbocycles. The number of piperazine rings is 1. The van der Waals surface area contributed by atoms with Crippen LogP contribution in [0, 0.1) is 0 Å². The van der Waals surface area contributed by atoms with Crippen molar-refractivity contribution in [3.05, 3.63) is 35.9 Å². The number of nitrogens with zero attached hydrogens (tertiary/aromatic N) is 2. The zero-order valence-corrected chi connectivity index (χ0v) is 11.7. The van der Waals surface area contributed by atoms with Gasteiger partial charge >= 0.3 is 0 Å². The Kier molecular flexibility index (Phi) is 5.79. The average molecular weight is 264 g/mol. The summed E-state index contributed by atoms with van der Waals surface area (Å²) in [4.78, 5) is 4.85. The lowest BCUT2D eigenvalue weighted by Crippen LogP contribution is -2.48. The molecule has 1 saturated heterocycles. The van der Waals surface area contributed by atoms with E-state index in [2.05, 4.69) is 40.1 Å². The molecule has 19 heavy (non-hydrogen) atoms. The van der Waals surface area contributed by atoms with E-state index in [1.165, 1.54) is 5.56 Å². The van der Waals surface area contributed by atoms with E-state index in [0.29, 0.717) is 0 Å². The lowest BCUT2D eigenvalue weighted by molar-refractivity contribution is 0.00915. The molecule has 0 spiro atoms. The van der Waals surface area contributed by atoms with E-state index in [0.717, 1.165) is 39.3 Å². The number of benzene rings is 1. The highest BCUT2D eigenvalue weighted by molar-refractivity contribution is 5.14. The third kappa shape index (κ3) is 4.58. The number of hydrogen-bond acceptors (Lipinski definition) is 4. The van der Waals surface area contributed by atoms with Gasteiger partial charge in [-0.05, 0) is 5.56 Å². The maximum Gasteiger partial charge on any atom is 0.0928 e. The number of ether oxygens (including phenoxy) is 1. The maximum atomic E-state index is 9.14. The van der Waals surface area contributed by atoms with E-state index in [9.17, 15) is 0 Å². The van der Waals surface area contributed by atoms with Gasteiger partial charge in [0.15, 0.2) is 0 Å². The van der Waals surface area contributed by atoms with Crippen LogP contribution < -0.4 is 0 Å². The van der Waals surface area contributed by atoms with Crippen LogP contribution in [-0.4, -0.2) is 67.5 Å². The predicted molar refractivity (Wildman–Crippen MR) is 76.0 cm³/mol. The van der Waals surface area contributed by atoms with Crippen molar-refractivity contribution in [3.63, 3.8) is 0 Å². The predicted octanol–water partition coefficient (Wildman–Crippen LogP) is 0.811. The molecule has 0 radical (unpaired) electrons. The minimum absolute atomic E-state index is 0.0549. The van der Waals surface area contributed by atoms with Gasteiger partial charge in [0, 0.05) is 46.4 Å². The van der Waals surface area contributed by atoms with Crippen LogP contribution in [0.5, 0.6) is 0 Å². The normalized spacial score (nSPS) is 19.5. The summed E-state index contributed by atoms with van der Waals surface area (Å²) in [6.07, 6.45) is -0.0549. The van der Waals surface area contributed by atoms with Crippen molar-refractivity contribution >= 4 is 0 Å². The first-order chi connectivity index (χ1) is 9.31. The highest BCUT2D eigenvalue weighted by Gasteiger charge is 2.19. The first-order valence-corrected chi connectivity index (χ1v) is 6.94. The van der Waals surface area contributed by atoms with Crippen molar-refractivity contribution < 1.29 is 9.84 Å². The van der Waals surface area contributed by atoms with Crippen molar-refractivity contribution in [2.45, 2.75) is 12.6 Å². The molecule has 1 aliphatic rings. The van der Waals surface area contributed by atoms with Gasteiger partial charge in [-0.3, -0.25) is 9.80 Å². The van der Waals surface area contributed by atoms with E-state index in [-0.39, 0.29) is 12.7 Å². The molecule has 2 rings (SSSR count). The number of hydrogen-bond donors (Lipinski definition) is 1. The molecule has 4 heteroatoms. The topological polar surface area (TPSA) is 35.9 Å². The van der Waals surface area contributed by atoms with Crippen molar-refractivity contribution in [2.75, 3.05) is 46.4 Å². The average Bonchev–Trinajstić information content (AvgIpc) is 2.47. The van der Waals surface area contributed by atoms with Crippen molar-refractivity contribution in [1.82, 2.24) is 9.80 Å². The number of rotatable bonds is 6. The Hall–Kier alpha value is -0.940. The Morgan fingerprint density at radius 1 is 1.11 bits per heavy atom. The zero-order chi connectivity index (χ0) is 13.5. The van der Waals surface area contributed by atoms with Gasteiger partial charge in [-0.1, -0.05) is 30.3 Å². The molecule has 1 aliphatic heterocycles. The lowest BCUT2D eigenvalue weighted by Gasteiger charge is -2.35. The van der Waals surface area contributed by atoms with Crippen molar-refractivity contribution in [1.29, 1.82) is 0 Å². The van der Waals surface area contributed by atoms with E-state index >= 15 is 0 Å². The lowest BCUT2D eigenvalue weighted by atomic mass is 10.2. The largest absolute Gasteiger partial charge is 0.394 e. The maximum absolute atomic E-state index is 9.14. The Bertz CT molecular complexity index is 346. The van der Waals surface area contributed by atoms with Crippen molar-refractivity contribution in [2.24, 2.45) is 0 Å². The van der Waals surface area contributed by atoms with Gasteiger partial charge in [0.1, 0.15) is 0 Å². The quantitative estimate of drug-likeness (QED) is 0.825. The summed E-state index contributed by atoms with van der Waals surface area (Å²) < 4.78 is 5.22. The summed E-state index contributed by atoms with van der Waals surface area (Å²) in [6.45, 7) is 6.21. The molecule has 1 heterocycles. The standard InChI is InChI=1S/C15H24N2O2/c1-19-15(13-18)12-17-9-7-16(8-10-17)11-14-5-3-2-4-6-14/h2-6,15,18H,7-13H2,1H3/t15-/m1/s1. The highest BCUT2D eigenvalue weighted by Crippen LogP contribution is 2.09. The van der Waals surface area contributed by atoms with Gasteiger partial charge in [0.2, 0.25) is 0 Å². The molecule has 4 nitrogen and oxygen atoms in total. The summed E-state index contributed by atoms with van der Waals surface area (Å²) in [6, 6.07) is 10.6. The molecule has 0 unspecified atom stereocenters. The van der Waals surface area contributed by atoms with Crippen LogP contribution in [0.3, 0.4) is 0 Å². The summed E-state index contributed by atoms with van der Waals surface area (Å²) in [7, 11) is 1.66. The molecule has 1 N–H and O–H groups in total. The second kappa shape index (κ2) is 7.60. The molecule has 1 fully saturated rings. The molecule has 1 atom stereocenters. The molecule has 1 aromatic carbocycles. The number of methoxy groups -OCH3 is 1. The fourth-order valence-electron chi connectivity index (χ4n) is 2.47.